The molecule has 1 saturated carbocycles. The number of aromatic nitrogens is 1. The molecule has 2 aromatic rings. The topological polar surface area (TPSA) is 63.4 Å². The van der Waals surface area contributed by atoms with Crippen molar-refractivity contribution in [1.29, 1.82) is 0 Å². The molecule has 0 unspecified atom stereocenters. The van der Waals surface area contributed by atoms with Crippen LogP contribution in [0.3, 0.4) is 0 Å². The summed E-state index contributed by atoms with van der Waals surface area (Å²) in [4.78, 5) is 30.5. The molecule has 1 heterocycles. The lowest BCUT2D eigenvalue weighted by molar-refractivity contribution is -0.119. The summed E-state index contributed by atoms with van der Waals surface area (Å²) in [5.41, 5.74) is 0.116. The monoisotopic (exact) mass is 300 g/mol. The zero-order chi connectivity index (χ0) is 15.7. The molecule has 1 aliphatic rings. The van der Waals surface area contributed by atoms with E-state index < -0.39 is 5.63 Å². The van der Waals surface area contributed by atoms with E-state index in [1.54, 1.807) is 23.1 Å². The first-order chi connectivity index (χ1) is 10.5. The van der Waals surface area contributed by atoms with Crippen molar-refractivity contribution in [2.45, 2.75) is 33.1 Å². The van der Waals surface area contributed by atoms with Crippen molar-refractivity contribution < 1.29 is 9.21 Å². The van der Waals surface area contributed by atoms with Crippen LogP contribution < -0.4 is 10.5 Å². The number of hydrogen-bond donors (Lipinski definition) is 0. The van der Waals surface area contributed by atoms with Crippen LogP contribution >= 0.6 is 0 Å². The molecule has 116 valence electrons. The highest BCUT2D eigenvalue weighted by Gasteiger charge is 2.30. The maximum atomic E-state index is 12.5. The van der Waals surface area contributed by atoms with Crippen molar-refractivity contribution in [2.24, 2.45) is 11.8 Å². The van der Waals surface area contributed by atoms with Crippen LogP contribution in [0.2, 0.25) is 0 Å². The SMILES string of the molecule is CC(C)CC(=O)N(CC1CC1)c1nc2ccccc2c(=O)o1. The van der Waals surface area contributed by atoms with Gasteiger partial charge in [0.1, 0.15) is 0 Å². The van der Waals surface area contributed by atoms with Crippen LogP contribution in [-0.4, -0.2) is 17.4 Å². The Labute approximate surface area is 128 Å². The van der Waals surface area contributed by atoms with Crippen molar-refractivity contribution in [2.75, 3.05) is 11.4 Å². The van der Waals surface area contributed by atoms with Crippen molar-refractivity contribution in [3.05, 3.63) is 34.7 Å². The Balaban J connectivity index is 1.99. The van der Waals surface area contributed by atoms with E-state index in [9.17, 15) is 9.59 Å². The predicted molar refractivity (Wildman–Crippen MR) is 84.8 cm³/mol. The minimum absolute atomic E-state index is 0.0344. The lowest BCUT2D eigenvalue weighted by Crippen LogP contribution is -2.35. The zero-order valence-corrected chi connectivity index (χ0v) is 12.9. The molecular formula is C17H20N2O3. The van der Waals surface area contributed by atoms with Gasteiger partial charge in [0.05, 0.1) is 10.9 Å². The lowest BCUT2D eigenvalue weighted by atomic mass is 10.1. The number of nitrogens with zero attached hydrogens (tertiary/aromatic N) is 2. The highest BCUT2D eigenvalue weighted by Crippen LogP contribution is 2.31. The van der Waals surface area contributed by atoms with Gasteiger partial charge >= 0.3 is 11.6 Å². The third-order valence-electron chi connectivity index (χ3n) is 3.78. The van der Waals surface area contributed by atoms with Gasteiger partial charge in [0.15, 0.2) is 0 Å². The highest BCUT2D eigenvalue weighted by atomic mass is 16.4. The molecule has 1 aromatic heterocycles. The lowest BCUT2D eigenvalue weighted by Gasteiger charge is -2.20. The molecule has 1 amide bonds. The van der Waals surface area contributed by atoms with Gasteiger partial charge in [-0.1, -0.05) is 26.0 Å². The Morgan fingerprint density at radius 3 is 2.77 bits per heavy atom. The van der Waals surface area contributed by atoms with Gasteiger partial charge in [-0.05, 0) is 36.8 Å². The van der Waals surface area contributed by atoms with Crippen LogP contribution in [0, 0.1) is 11.8 Å². The Hall–Kier alpha value is -2.17. The number of rotatable bonds is 5. The summed E-state index contributed by atoms with van der Waals surface area (Å²) in [5.74, 6) is 0.712. The number of carbonyl (C=O) groups is 1. The van der Waals surface area contributed by atoms with Crippen molar-refractivity contribution in [3.63, 3.8) is 0 Å². The smallest absolute Gasteiger partial charge is 0.348 e. The van der Waals surface area contributed by atoms with E-state index in [1.807, 2.05) is 19.9 Å². The summed E-state index contributed by atoms with van der Waals surface area (Å²) >= 11 is 0. The Morgan fingerprint density at radius 2 is 2.09 bits per heavy atom. The summed E-state index contributed by atoms with van der Waals surface area (Å²) in [7, 11) is 0. The first kappa shape index (κ1) is 14.8. The molecule has 0 aliphatic heterocycles. The quantitative estimate of drug-likeness (QED) is 0.851. The van der Waals surface area contributed by atoms with Crippen molar-refractivity contribution in [3.8, 4) is 0 Å². The summed E-state index contributed by atoms with van der Waals surface area (Å²) in [6.45, 7) is 4.58. The van der Waals surface area contributed by atoms with Crippen molar-refractivity contribution in [1.82, 2.24) is 4.98 Å². The number of amides is 1. The molecule has 0 N–H and O–H groups in total. The average Bonchev–Trinajstić information content (AvgIpc) is 3.28. The van der Waals surface area contributed by atoms with Gasteiger partial charge in [0.2, 0.25) is 5.91 Å². The van der Waals surface area contributed by atoms with Crippen LogP contribution in [0.25, 0.3) is 10.9 Å². The van der Waals surface area contributed by atoms with Crippen LogP contribution in [0.1, 0.15) is 33.1 Å². The van der Waals surface area contributed by atoms with Gasteiger partial charge in [-0.15, -0.1) is 0 Å². The van der Waals surface area contributed by atoms with Gasteiger partial charge in [-0.2, -0.15) is 4.98 Å². The first-order valence-electron chi connectivity index (χ1n) is 7.75. The Morgan fingerprint density at radius 1 is 1.36 bits per heavy atom. The maximum Gasteiger partial charge on any atom is 0.348 e. The molecule has 0 spiro atoms. The summed E-state index contributed by atoms with van der Waals surface area (Å²) in [6, 6.07) is 7.16. The molecule has 0 saturated heterocycles. The number of benzene rings is 1. The number of fused-ring (bicyclic) bond motifs is 1. The minimum atomic E-state index is -0.446. The molecule has 5 heteroatoms. The molecule has 22 heavy (non-hydrogen) atoms. The average molecular weight is 300 g/mol. The fourth-order valence-corrected chi connectivity index (χ4v) is 2.43. The molecule has 1 aliphatic carbocycles. The minimum Gasteiger partial charge on any atom is -0.388 e. The van der Waals surface area contributed by atoms with E-state index in [0.29, 0.717) is 29.8 Å². The van der Waals surface area contributed by atoms with Gasteiger partial charge in [-0.25, -0.2) is 4.79 Å². The number of hydrogen-bond acceptors (Lipinski definition) is 4. The third-order valence-corrected chi connectivity index (χ3v) is 3.78. The zero-order valence-electron chi connectivity index (χ0n) is 12.9. The van der Waals surface area contributed by atoms with Crippen LogP contribution in [-0.2, 0) is 4.79 Å². The summed E-state index contributed by atoms with van der Waals surface area (Å²) in [5, 5.41) is 0.439. The van der Waals surface area contributed by atoms with Crippen molar-refractivity contribution >= 4 is 22.8 Å². The molecule has 3 rings (SSSR count). The molecule has 0 bridgehead atoms. The molecule has 5 nitrogen and oxygen atoms in total. The van der Waals surface area contributed by atoms with E-state index in [0.717, 1.165) is 12.8 Å². The summed E-state index contributed by atoms with van der Waals surface area (Å²) in [6.07, 6.45) is 2.65. The van der Waals surface area contributed by atoms with E-state index in [-0.39, 0.29) is 17.8 Å². The van der Waals surface area contributed by atoms with Gasteiger partial charge in [0, 0.05) is 13.0 Å². The summed E-state index contributed by atoms with van der Waals surface area (Å²) < 4.78 is 5.32. The van der Waals surface area contributed by atoms with Gasteiger partial charge < -0.3 is 4.42 Å². The molecule has 0 radical (unpaired) electrons. The highest BCUT2D eigenvalue weighted by molar-refractivity contribution is 5.92. The van der Waals surface area contributed by atoms with E-state index >= 15 is 0 Å². The molecular weight excluding hydrogens is 280 g/mol. The van der Waals surface area contributed by atoms with Crippen LogP contribution in [0.4, 0.5) is 6.01 Å². The van der Waals surface area contributed by atoms with E-state index in [4.69, 9.17) is 4.42 Å². The van der Waals surface area contributed by atoms with Gasteiger partial charge in [0.25, 0.3) is 0 Å². The maximum absolute atomic E-state index is 12.5. The predicted octanol–water partition coefficient (Wildman–Crippen LogP) is 2.98. The van der Waals surface area contributed by atoms with E-state index in [2.05, 4.69) is 4.98 Å². The van der Waals surface area contributed by atoms with Crippen LogP contribution in [0.15, 0.2) is 33.5 Å². The fourth-order valence-electron chi connectivity index (χ4n) is 2.43. The normalized spacial score (nSPS) is 14.5. The Bertz CT molecular complexity index is 747. The molecule has 1 aromatic carbocycles. The number of anilines is 1. The van der Waals surface area contributed by atoms with Gasteiger partial charge in [-0.3, -0.25) is 9.69 Å². The van der Waals surface area contributed by atoms with E-state index in [1.165, 1.54) is 0 Å². The third kappa shape index (κ3) is 3.18. The first-order valence-corrected chi connectivity index (χ1v) is 7.75. The second-order valence-electron chi connectivity index (χ2n) is 6.35. The second kappa shape index (κ2) is 5.91. The van der Waals surface area contributed by atoms with Crippen LogP contribution in [0.5, 0.6) is 0 Å². The largest absolute Gasteiger partial charge is 0.388 e. The fraction of sp³-hybridized carbons (Fsp3) is 0.471. The number of carbonyl (C=O) groups excluding carboxylic acids is 1. The molecule has 0 atom stereocenters. The number of para-hydroxylation sites is 1. The standard InChI is InChI=1S/C17H20N2O3/c1-11(2)9-15(20)19(10-12-7-8-12)17-18-14-6-4-3-5-13(14)16(21)22-17/h3-6,11-12H,7-10H2,1-2H3. The molecule has 1 fully saturated rings. The second-order valence-corrected chi connectivity index (χ2v) is 6.35. The Kier molecular flexibility index (Phi) is 3.96.